The highest BCUT2D eigenvalue weighted by Gasteiger charge is 2.34. The second-order valence-electron chi connectivity index (χ2n) is 5.70. The van der Waals surface area contributed by atoms with Gasteiger partial charge in [-0.3, -0.25) is 9.48 Å². The highest BCUT2D eigenvalue weighted by Crippen LogP contribution is 2.28. The van der Waals surface area contributed by atoms with Crippen molar-refractivity contribution in [1.29, 1.82) is 0 Å². The third-order valence-corrected chi connectivity index (χ3v) is 3.91. The van der Waals surface area contributed by atoms with Crippen molar-refractivity contribution < 1.29 is 23.1 Å². The van der Waals surface area contributed by atoms with Gasteiger partial charge in [-0.15, -0.1) is 0 Å². The number of hydrogen-bond acceptors (Lipinski definition) is 3. The summed E-state index contributed by atoms with van der Waals surface area (Å²) in [6.45, 7) is 1.94. The molecular formula is C14H20F3N3O2. The minimum absolute atomic E-state index is 0.153. The number of alkyl halides is 3. The molecule has 1 aromatic rings. The lowest BCUT2D eigenvalue weighted by molar-refractivity contribution is -0.141. The maximum Gasteiger partial charge on any atom is 0.435 e. The minimum Gasteiger partial charge on any atom is -0.393 e. The van der Waals surface area contributed by atoms with Crippen LogP contribution in [0.1, 0.15) is 37.1 Å². The third-order valence-electron chi connectivity index (χ3n) is 3.91. The van der Waals surface area contributed by atoms with Crippen LogP contribution in [0.25, 0.3) is 0 Å². The molecule has 0 aliphatic heterocycles. The number of aromatic nitrogens is 2. The van der Waals surface area contributed by atoms with Gasteiger partial charge >= 0.3 is 6.18 Å². The zero-order chi connectivity index (χ0) is 16.3. The van der Waals surface area contributed by atoms with E-state index in [-0.39, 0.29) is 24.9 Å². The molecule has 0 unspecified atom stereocenters. The summed E-state index contributed by atoms with van der Waals surface area (Å²) in [7, 11) is 0. The summed E-state index contributed by atoms with van der Waals surface area (Å²) >= 11 is 0. The molecule has 2 atom stereocenters. The highest BCUT2D eigenvalue weighted by molar-refractivity contribution is 5.78. The Morgan fingerprint density at radius 3 is 2.82 bits per heavy atom. The van der Waals surface area contributed by atoms with Gasteiger partial charge in [-0.25, -0.2) is 0 Å². The van der Waals surface area contributed by atoms with E-state index in [1.54, 1.807) is 6.92 Å². The van der Waals surface area contributed by atoms with E-state index in [0.717, 1.165) is 25.3 Å². The maximum absolute atomic E-state index is 12.5. The molecule has 0 bridgehead atoms. The van der Waals surface area contributed by atoms with Gasteiger partial charge in [-0.2, -0.15) is 18.3 Å². The van der Waals surface area contributed by atoms with Gasteiger partial charge in [0.05, 0.1) is 12.6 Å². The molecule has 1 aromatic heterocycles. The number of hydrogen-bond donors (Lipinski definition) is 2. The normalized spacial score (nSPS) is 22.6. The Morgan fingerprint density at radius 2 is 2.23 bits per heavy atom. The van der Waals surface area contributed by atoms with Crippen LogP contribution in [-0.2, 0) is 17.5 Å². The van der Waals surface area contributed by atoms with Gasteiger partial charge in [0, 0.05) is 18.2 Å². The number of halogens is 3. The molecule has 0 spiro atoms. The molecule has 2 N–H and O–H groups in total. The van der Waals surface area contributed by atoms with Crippen LogP contribution in [0.2, 0.25) is 0 Å². The van der Waals surface area contributed by atoms with Crippen molar-refractivity contribution in [1.82, 2.24) is 15.1 Å². The average Bonchev–Trinajstić information content (AvgIpc) is 2.80. The summed E-state index contributed by atoms with van der Waals surface area (Å²) in [5, 5.41) is 15.8. The van der Waals surface area contributed by atoms with Gasteiger partial charge in [0.15, 0.2) is 5.69 Å². The predicted molar refractivity (Wildman–Crippen MR) is 72.9 cm³/mol. The molecule has 1 aliphatic rings. The molecule has 2 rings (SSSR count). The van der Waals surface area contributed by atoms with Crippen LogP contribution >= 0.6 is 0 Å². The van der Waals surface area contributed by atoms with Gasteiger partial charge in [0.1, 0.15) is 0 Å². The van der Waals surface area contributed by atoms with E-state index in [0.29, 0.717) is 12.1 Å². The molecule has 8 heteroatoms. The number of amides is 1. The molecule has 0 saturated heterocycles. The molecule has 1 heterocycles. The molecule has 124 valence electrons. The van der Waals surface area contributed by atoms with Gasteiger partial charge < -0.3 is 10.4 Å². The number of aliphatic hydroxyl groups excluding tert-OH is 1. The Labute approximate surface area is 126 Å². The lowest BCUT2D eigenvalue weighted by Crippen LogP contribution is -2.36. The third kappa shape index (κ3) is 4.22. The van der Waals surface area contributed by atoms with Crippen molar-refractivity contribution in [2.45, 2.75) is 51.4 Å². The fraction of sp³-hybridized carbons (Fsp3) is 0.714. The Balaban J connectivity index is 1.83. The monoisotopic (exact) mass is 319 g/mol. The van der Waals surface area contributed by atoms with Crippen LogP contribution in [0.15, 0.2) is 6.07 Å². The van der Waals surface area contributed by atoms with E-state index in [9.17, 15) is 23.1 Å². The fourth-order valence-electron chi connectivity index (χ4n) is 2.71. The zero-order valence-corrected chi connectivity index (χ0v) is 12.4. The quantitative estimate of drug-likeness (QED) is 0.890. The molecule has 1 aliphatic carbocycles. The Kier molecular flexibility index (Phi) is 5.10. The van der Waals surface area contributed by atoms with Crippen LogP contribution in [0.4, 0.5) is 13.2 Å². The van der Waals surface area contributed by atoms with E-state index in [2.05, 4.69) is 10.4 Å². The van der Waals surface area contributed by atoms with Crippen LogP contribution < -0.4 is 5.32 Å². The number of nitrogens with one attached hydrogen (secondary N) is 1. The summed E-state index contributed by atoms with van der Waals surface area (Å²) in [6.07, 6.45) is -2.18. The molecule has 1 saturated carbocycles. The van der Waals surface area contributed by atoms with Crippen LogP contribution in [-0.4, -0.2) is 33.4 Å². The second-order valence-corrected chi connectivity index (χ2v) is 5.70. The maximum atomic E-state index is 12.5. The molecular weight excluding hydrogens is 299 g/mol. The van der Waals surface area contributed by atoms with Crippen molar-refractivity contribution >= 4 is 5.91 Å². The first-order valence-corrected chi connectivity index (χ1v) is 7.35. The van der Waals surface area contributed by atoms with Crippen molar-refractivity contribution in [2.75, 3.05) is 6.54 Å². The zero-order valence-electron chi connectivity index (χ0n) is 12.4. The second kappa shape index (κ2) is 6.68. The predicted octanol–water partition coefficient (Wildman–Crippen LogP) is 1.88. The number of nitrogens with zero attached hydrogens (tertiary/aromatic N) is 2. The van der Waals surface area contributed by atoms with Crippen LogP contribution in [0.3, 0.4) is 0 Å². The molecule has 22 heavy (non-hydrogen) atoms. The van der Waals surface area contributed by atoms with Crippen molar-refractivity contribution in [2.24, 2.45) is 5.92 Å². The fourth-order valence-corrected chi connectivity index (χ4v) is 2.71. The van der Waals surface area contributed by atoms with E-state index in [1.165, 1.54) is 4.68 Å². The lowest BCUT2D eigenvalue weighted by atomic mass is 9.87. The summed E-state index contributed by atoms with van der Waals surface area (Å²) in [5.74, 6) is -0.368. The van der Waals surface area contributed by atoms with E-state index in [1.807, 2.05) is 0 Å². The smallest absolute Gasteiger partial charge is 0.393 e. The molecule has 1 fully saturated rings. The SMILES string of the molecule is Cc1cc(C(F)(F)F)nn1CCNC(=O)[C@@H]1CCC[C@@H](O)C1. The Morgan fingerprint density at radius 1 is 1.50 bits per heavy atom. The number of rotatable bonds is 4. The van der Waals surface area contributed by atoms with Gasteiger partial charge in [-0.1, -0.05) is 6.42 Å². The molecule has 5 nitrogen and oxygen atoms in total. The van der Waals surface area contributed by atoms with Gasteiger partial charge in [-0.05, 0) is 32.3 Å². The van der Waals surface area contributed by atoms with Crippen molar-refractivity contribution in [3.63, 3.8) is 0 Å². The van der Waals surface area contributed by atoms with Crippen LogP contribution in [0.5, 0.6) is 0 Å². The van der Waals surface area contributed by atoms with E-state index < -0.39 is 18.0 Å². The largest absolute Gasteiger partial charge is 0.435 e. The first-order valence-electron chi connectivity index (χ1n) is 7.35. The Bertz CT molecular complexity index is 528. The summed E-state index contributed by atoms with van der Waals surface area (Å²) in [4.78, 5) is 12.0. The molecule has 1 amide bonds. The average molecular weight is 319 g/mol. The van der Waals surface area contributed by atoms with Gasteiger partial charge in [0.25, 0.3) is 0 Å². The lowest BCUT2D eigenvalue weighted by Gasteiger charge is -2.24. The van der Waals surface area contributed by atoms with E-state index >= 15 is 0 Å². The summed E-state index contributed by atoms with van der Waals surface area (Å²) < 4.78 is 38.9. The number of carbonyl (C=O) groups is 1. The number of carbonyl (C=O) groups excluding carboxylic acids is 1. The van der Waals surface area contributed by atoms with Crippen LogP contribution in [0, 0.1) is 12.8 Å². The summed E-state index contributed by atoms with van der Waals surface area (Å²) in [6, 6.07) is 0.985. The summed E-state index contributed by atoms with van der Waals surface area (Å²) in [5.41, 5.74) is -0.526. The number of aliphatic hydroxyl groups is 1. The van der Waals surface area contributed by atoms with Crippen molar-refractivity contribution in [3.8, 4) is 0 Å². The number of aryl methyl sites for hydroxylation is 1. The highest BCUT2D eigenvalue weighted by atomic mass is 19.4. The topological polar surface area (TPSA) is 67.2 Å². The molecule has 0 aromatic carbocycles. The minimum atomic E-state index is -4.46. The van der Waals surface area contributed by atoms with Gasteiger partial charge in [0.2, 0.25) is 5.91 Å². The standard InChI is InChI=1S/C14H20F3N3O2/c1-9-7-12(14(15,16)17)19-20(9)6-5-18-13(22)10-3-2-4-11(21)8-10/h7,10-11,21H,2-6,8H2,1H3,(H,18,22)/t10-,11-/m1/s1. The molecule has 0 radical (unpaired) electrons. The Hall–Kier alpha value is -1.57. The first-order chi connectivity index (χ1) is 10.3. The van der Waals surface area contributed by atoms with Crippen molar-refractivity contribution in [3.05, 3.63) is 17.5 Å². The van der Waals surface area contributed by atoms with E-state index in [4.69, 9.17) is 0 Å². The first kappa shape index (κ1) is 16.8.